The Labute approximate surface area is 482 Å². The quantitative estimate of drug-likeness (QED) is 0.0421. The van der Waals surface area contributed by atoms with E-state index in [1.807, 2.05) is 76.2 Å². The van der Waals surface area contributed by atoms with Crippen molar-refractivity contribution in [3.63, 3.8) is 0 Å². The van der Waals surface area contributed by atoms with Crippen molar-refractivity contribution in [2.45, 2.75) is 137 Å². The molecule has 81 heavy (non-hydrogen) atoms. The summed E-state index contributed by atoms with van der Waals surface area (Å²) in [5.74, 6) is -5.00. The third-order valence-corrected chi connectivity index (χ3v) is 25.3. The number of aromatic hydroxyl groups is 1. The lowest BCUT2D eigenvalue weighted by Gasteiger charge is -2.45. The van der Waals surface area contributed by atoms with Gasteiger partial charge in [-0.2, -0.15) is 4.39 Å². The van der Waals surface area contributed by atoms with E-state index in [0.717, 1.165) is 16.7 Å². The predicted octanol–water partition coefficient (Wildman–Crippen LogP) is 11.6. The Morgan fingerprint density at radius 3 is 1.51 bits per heavy atom. The van der Waals surface area contributed by atoms with Gasteiger partial charge in [-0.15, -0.1) is 0 Å². The number of aliphatic hydroxyl groups is 2. The van der Waals surface area contributed by atoms with Crippen LogP contribution in [-0.2, 0) is 27.9 Å². The number of aldehydes is 1. The fourth-order valence-electron chi connectivity index (χ4n) is 9.73. The Hall–Kier alpha value is -6.34. The predicted molar refractivity (Wildman–Crippen MR) is 325 cm³/mol. The van der Waals surface area contributed by atoms with Crippen LogP contribution in [0, 0.1) is 23.7 Å². The van der Waals surface area contributed by atoms with Gasteiger partial charge >= 0.3 is 11.9 Å². The molecule has 0 bridgehead atoms. The first-order valence-corrected chi connectivity index (χ1v) is 31.4. The van der Waals surface area contributed by atoms with E-state index in [0.29, 0.717) is 11.3 Å². The van der Waals surface area contributed by atoms with Gasteiger partial charge in [0.25, 0.3) is 16.6 Å². The molecular weight excluding hydrogens is 1060 g/mol. The molecule has 11 nitrogen and oxygen atoms in total. The highest BCUT2D eigenvalue weighted by atomic mass is 28.4. The lowest BCUT2D eigenvalue weighted by Crippen LogP contribution is -2.67. The van der Waals surface area contributed by atoms with Gasteiger partial charge in [0.2, 0.25) is 5.83 Å². The Bertz CT molecular complexity index is 2790. The monoisotopic (exact) mass is 1150 g/mol. The van der Waals surface area contributed by atoms with E-state index >= 15 is 0 Å². The number of carbonyl (C=O) groups excluding carboxylic acids is 3. The molecule has 0 aliphatic carbocycles. The second-order valence-electron chi connectivity index (χ2n) is 22.9. The summed E-state index contributed by atoms with van der Waals surface area (Å²) >= 11 is 0. The van der Waals surface area contributed by atoms with Crippen LogP contribution in [0.15, 0.2) is 163 Å². The highest BCUT2D eigenvalue weighted by Crippen LogP contribution is 2.40. The zero-order valence-electron chi connectivity index (χ0n) is 49.9. The van der Waals surface area contributed by atoms with Crippen LogP contribution in [0.4, 0.5) is 8.78 Å². The third kappa shape index (κ3) is 16.9. The van der Waals surface area contributed by atoms with Gasteiger partial charge in [-0.25, -0.2) is 14.0 Å². The lowest BCUT2D eigenvalue weighted by atomic mass is 9.93. The summed E-state index contributed by atoms with van der Waals surface area (Å²) in [7, 11) is -2.68. The van der Waals surface area contributed by atoms with Crippen LogP contribution in [0.5, 0.6) is 11.5 Å². The Morgan fingerprint density at radius 2 is 1.12 bits per heavy atom. The number of esters is 2. The van der Waals surface area contributed by atoms with Crippen molar-refractivity contribution in [3.05, 3.63) is 174 Å². The third-order valence-electron chi connectivity index (χ3n) is 15.1. The average molecular weight is 1150 g/mol. The Kier molecular flexibility index (Phi) is 25.0. The van der Waals surface area contributed by atoms with Gasteiger partial charge in [0.15, 0.2) is 0 Å². The number of fused-ring (bicyclic) bond motifs is 1. The van der Waals surface area contributed by atoms with E-state index in [2.05, 4.69) is 119 Å². The maximum atomic E-state index is 14.5. The number of benzene rings is 5. The number of halogens is 2. The molecule has 0 amide bonds. The van der Waals surface area contributed by atoms with Gasteiger partial charge in [0, 0.05) is 35.8 Å². The van der Waals surface area contributed by atoms with E-state index in [9.17, 15) is 38.5 Å². The number of hydrogen-bond donors (Lipinski definition) is 3. The molecule has 3 N–H and O–H groups in total. The maximum Gasteiger partial charge on any atom is 0.366 e. The molecule has 0 saturated carbocycles. The first-order chi connectivity index (χ1) is 38.1. The molecule has 6 rings (SSSR count). The van der Waals surface area contributed by atoms with E-state index in [4.69, 9.17) is 18.3 Å². The molecule has 9 atom stereocenters. The molecule has 15 heteroatoms. The smallest absolute Gasteiger partial charge is 0.366 e. The van der Waals surface area contributed by atoms with Crippen molar-refractivity contribution < 1.29 is 61.5 Å². The van der Waals surface area contributed by atoms with Gasteiger partial charge < -0.3 is 43.2 Å². The van der Waals surface area contributed by atoms with Crippen molar-refractivity contribution in [1.29, 1.82) is 0 Å². The molecular formula is C66H86F2O11Si2. The van der Waals surface area contributed by atoms with Gasteiger partial charge in [0.05, 0.1) is 32.5 Å². The number of rotatable bonds is 14. The second kappa shape index (κ2) is 30.1. The van der Waals surface area contributed by atoms with Crippen molar-refractivity contribution in [2.24, 2.45) is 23.7 Å². The molecule has 1 heterocycles. The second-order valence-corrected chi connectivity index (χ2v) is 31.5. The van der Waals surface area contributed by atoms with Crippen LogP contribution in [-0.4, -0.2) is 94.9 Å². The topological polar surface area (TPSA) is 158 Å². The molecule has 0 radical (unpaired) electrons. The molecule has 0 fully saturated rings. The number of methoxy groups -OCH3 is 2. The van der Waals surface area contributed by atoms with Crippen LogP contribution in [0.3, 0.4) is 0 Å². The van der Waals surface area contributed by atoms with Crippen LogP contribution in [0.2, 0.25) is 10.1 Å². The van der Waals surface area contributed by atoms with Crippen LogP contribution in [0.25, 0.3) is 6.08 Å². The van der Waals surface area contributed by atoms with Crippen LogP contribution in [0.1, 0.15) is 112 Å². The zero-order chi connectivity index (χ0) is 60.5. The minimum absolute atomic E-state index is 0.0250. The minimum Gasteiger partial charge on any atom is -0.507 e. The van der Waals surface area contributed by atoms with Crippen molar-refractivity contribution >= 4 is 61.7 Å². The number of phenols is 1. The fourth-order valence-corrected chi connectivity index (χ4v) is 19.3. The lowest BCUT2D eigenvalue weighted by molar-refractivity contribution is -0.137. The van der Waals surface area contributed by atoms with E-state index in [1.165, 1.54) is 61.9 Å². The molecule has 0 spiro atoms. The summed E-state index contributed by atoms with van der Waals surface area (Å²) in [5.41, 5.74) is 0.288. The Morgan fingerprint density at radius 1 is 0.704 bits per heavy atom. The number of cyclic esters (lactones) is 1. The van der Waals surface area contributed by atoms with Gasteiger partial charge in [-0.3, -0.25) is 0 Å². The van der Waals surface area contributed by atoms with E-state index in [1.54, 1.807) is 19.9 Å². The first kappa shape index (κ1) is 67.2. The molecule has 438 valence electrons. The number of carbonyl (C=O) groups is 3. The molecule has 5 aromatic carbocycles. The summed E-state index contributed by atoms with van der Waals surface area (Å²) in [4.78, 5) is 35.4. The van der Waals surface area contributed by atoms with Crippen LogP contribution >= 0.6 is 0 Å². The summed E-state index contributed by atoms with van der Waals surface area (Å²) in [6.07, 6.45) is 3.00. The molecule has 5 aromatic rings. The highest BCUT2D eigenvalue weighted by Gasteiger charge is 2.52. The molecule has 1 aliphatic heterocycles. The van der Waals surface area contributed by atoms with Crippen molar-refractivity contribution in [2.75, 3.05) is 14.2 Å². The number of aliphatic hydroxyl groups excluding tert-OH is 2. The largest absolute Gasteiger partial charge is 0.507 e. The minimum atomic E-state index is -2.73. The fraction of sp³-hybridized carbons (Fsp3) is 0.409. The SMILES string of the molecule is COC(=O)/C(F)=C\[C@@H](C)[C@H](C)O[Si](c1ccccc1)(c1ccccc1)C(C)(C)C.COc1cc(O)c2c(c1)/C=C/C[C@H](O)[C@H](O)[C@@H](C)/C(F)=C\[C@@H](C)[C@H](C)OC2=O.C[C@H](C=O)[C@H](C)O[Si](c1ccccc1)(c1ccccc1)C(C)(C)C. The van der Waals surface area contributed by atoms with Gasteiger partial charge in [-0.1, -0.05) is 203 Å². The average Bonchev–Trinajstić information content (AvgIpc) is 3.44. The molecule has 0 unspecified atom stereocenters. The number of phenolic OH excluding ortho intramolecular Hbond substituents is 1. The Balaban J connectivity index is 0.000000263. The normalized spacial score (nSPS) is 20.9. The molecule has 0 aromatic heterocycles. The summed E-state index contributed by atoms with van der Waals surface area (Å²) < 4.78 is 57.3. The zero-order valence-corrected chi connectivity index (χ0v) is 51.9. The van der Waals surface area contributed by atoms with E-state index < -0.39 is 70.4 Å². The maximum absolute atomic E-state index is 14.5. The summed E-state index contributed by atoms with van der Waals surface area (Å²) in [5, 5.41) is 35.3. The number of ether oxygens (including phenoxy) is 3. The van der Waals surface area contributed by atoms with Crippen molar-refractivity contribution in [1.82, 2.24) is 0 Å². The highest BCUT2D eigenvalue weighted by molar-refractivity contribution is 7.00. The van der Waals surface area contributed by atoms with Crippen molar-refractivity contribution in [3.8, 4) is 11.5 Å². The summed E-state index contributed by atoms with van der Waals surface area (Å²) in [6.45, 7) is 25.8. The summed E-state index contributed by atoms with van der Waals surface area (Å²) in [6, 6.07) is 44.5. The first-order valence-electron chi connectivity index (χ1n) is 27.6. The van der Waals surface area contributed by atoms with Crippen LogP contribution < -0.4 is 25.5 Å². The molecule has 1 aliphatic rings. The standard InChI is InChI=1S/C24H31FO3Si.C21H27FO6.C21H28O2Si/c1-18(17-22(25)23(26)27-6)19(2)28-29(24(3,4)5,20-13-9-7-10-14-20)21-15-11-8-12-16-21;1-11-8-16(22)12(2)20(25)17(23)7-5-6-14-9-15(27-4)10-18(24)19(14)21(26)28-13(11)3;1-17(16-22)18(2)23-24(21(3,4)5,19-12-8-6-9-13-19)20-14-10-7-11-15-20/h7-19H,1-6H3;5-6,8-13,17,20,23-25H,7H2,1-4H3;6-18H,1-5H3/b22-17+;6-5+,16-8+;/t18-,19+;11-,12+,13+,17+,20-;17-,18+/m111/s1. The van der Waals surface area contributed by atoms with Gasteiger partial charge in [0.1, 0.15) is 35.3 Å². The van der Waals surface area contributed by atoms with E-state index in [-0.39, 0.29) is 51.9 Å². The van der Waals surface area contributed by atoms with Gasteiger partial charge in [-0.05, 0) is 81.8 Å². The molecule has 0 saturated heterocycles. The number of hydrogen-bond acceptors (Lipinski definition) is 11.